The number of carbonyl (C=O) groups excluding carboxylic acids is 1. The smallest absolute Gasteiger partial charge is 0.358 e. The second kappa shape index (κ2) is 7.21. The highest BCUT2D eigenvalue weighted by molar-refractivity contribution is 6.43. The number of carbonyl (C=O) groups is 1. The van der Waals surface area contributed by atoms with E-state index in [1.165, 1.54) is 17.0 Å². The number of nitrogens with zero attached hydrogens (tertiary/aromatic N) is 4. The molecule has 0 aliphatic carbocycles. The molecule has 1 heterocycles. The van der Waals surface area contributed by atoms with Gasteiger partial charge in [-0.3, -0.25) is 4.79 Å². The van der Waals surface area contributed by atoms with Gasteiger partial charge >= 0.3 is 5.82 Å². The lowest BCUT2D eigenvalue weighted by atomic mass is 10.2. The number of rotatable bonds is 5. The molecule has 8 nitrogen and oxygen atoms in total. The molecule has 120 valence electrons. The second-order valence-electron chi connectivity index (χ2n) is 4.49. The van der Waals surface area contributed by atoms with Crippen LogP contribution in [0.1, 0.15) is 11.3 Å². The van der Waals surface area contributed by atoms with Crippen LogP contribution in [-0.4, -0.2) is 26.8 Å². The minimum Gasteiger partial charge on any atom is -0.358 e. The van der Waals surface area contributed by atoms with E-state index < -0.39 is 10.8 Å². The van der Waals surface area contributed by atoms with Crippen LogP contribution in [0.3, 0.4) is 0 Å². The van der Waals surface area contributed by atoms with Crippen LogP contribution in [0.25, 0.3) is 0 Å². The normalized spacial score (nSPS) is 10.9. The third-order valence-corrected chi connectivity index (χ3v) is 3.66. The SMILES string of the molecule is Cc1cc([N+](=O)[O-])nn1CC(=O)N/N=C\c1cccc(Cl)c1Cl. The molecule has 0 saturated heterocycles. The summed E-state index contributed by atoms with van der Waals surface area (Å²) in [4.78, 5) is 21.8. The van der Waals surface area contributed by atoms with Gasteiger partial charge in [-0.25, -0.2) is 5.43 Å². The molecule has 0 fully saturated rings. The number of halogens is 2. The monoisotopic (exact) mass is 355 g/mol. The van der Waals surface area contributed by atoms with Crippen molar-refractivity contribution in [3.8, 4) is 0 Å². The van der Waals surface area contributed by atoms with Crippen molar-refractivity contribution in [1.82, 2.24) is 15.2 Å². The lowest BCUT2D eigenvalue weighted by Gasteiger charge is -2.01. The summed E-state index contributed by atoms with van der Waals surface area (Å²) in [6, 6.07) is 6.30. The van der Waals surface area contributed by atoms with Gasteiger partial charge in [-0.1, -0.05) is 35.3 Å². The van der Waals surface area contributed by atoms with Crippen LogP contribution in [0.5, 0.6) is 0 Å². The standard InChI is InChI=1S/C13H11Cl2N5O3/c1-8-5-11(20(22)23)18-19(8)7-12(21)17-16-6-9-3-2-4-10(14)13(9)15/h2-6H,7H2,1H3,(H,17,21)/b16-6-. The first-order valence-electron chi connectivity index (χ1n) is 6.33. The van der Waals surface area contributed by atoms with Crippen LogP contribution < -0.4 is 5.43 Å². The van der Waals surface area contributed by atoms with Gasteiger partial charge < -0.3 is 10.1 Å². The van der Waals surface area contributed by atoms with Crippen molar-refractivity contribution in [1.29, 1.82) is 0 Å². The number of hydrogen-bond acceptors (Lipinski definition) is 5. The largest absolute Gasteiger partial charge is 0.390 e. The maximum atomic E-state index is 11.8. The van der Waals surface area contributed by atoms with Gasteiger partial charge in [-0.15, -0.1) is 0 Å². The van der Waals surface area contributed by atoms with Crippen LogP contribution >= 0.6 is 23.2 Å². The molecule has 0 saturated carbocycles. The van der Waals surface area contributed by atoms with Crippen LogP contribution in [0.4, 0.5) is 5.82 Å². The molecule has 1 aromatic carbocycles. The van der Waals surface area contributed by atoms with E-state index >= 15 is 0 Å². The van der Waals surface area contributed by atoms with E-state index in [-0.39, 0.29) is 12.4 Å². The fourth-order valence-electron chi connectivity index (χ4n) is 1.71. The Morgan fingerprint density at radius 3 is 2.91 bits per heavy atom. The van der Waals surface area contributed by atoms with Gasteiger partial charge in [0.1, 0.15) is 6.54 Å². The minimum absolute atomic E-state index is 0.194. The van der Waals surface area contributed by atoms with Gasteiger partial charge in [0, 0.05) is 5.56 Å². The predicted molar refractivity (Wildman–Crippen MR) is 85.8 cm³/mol. The first-order valence-corrected chi connectivity index (χ1v) is 7.09. The third-order valence-electron chi connectivity index (χ3n) is 2.82. The van der Waals surface area contributed by atoms with Crippen molar-refractivity contribution in [2.24, 2.45) is 5.10 Å². The number of benzene rings is 1. The van der Waals surface area contributed by atoms with E-state index in [1.54, 1.807) is 25.1 Å². The summed E-state index contributed by atoms with van der Waals surface area (Å²) in [5.41, 5.74) is 3.33. The number of aryl methyl sites for hydroxylation is 1. The summed E-state index contributed by atoms with van der Waals surface area (Å²) >= 11 is 11.8. The zero-order valence-corrected chi connectivity index (χ0v) is 13.4. The molecule has 0 unspecified atom stereocenters. The van der Waals surface area contributed by atoms with Crippen molar-refractivity contribution >= 4 is 41.1 Å². The van der Waals surface area contributed by atoms with E-state index in [1.807, 2.05) is 0 Å². The van der Waals surface area contributed by atoms with Crippen molar-refractivity contribution in [3.05, 3.63) is 55.7 Å². The summed E-state index contributed by atoms with van der Waals surface area (Å²) in [6.45, 7) is 1.42. The number of hydrazone groups is 1. The van der Waals surface area contributed by atoms with Crippen molar-refractivity contribution in [3.63, 3.8) is 0 Å². The number of nitro groups is 1. The van der Waals surface area contributed by atoms with Gasteiger partial charge in [0.05, 0.1) is 33.1 Å². The molecule has 2 rings (SSSR count). The first kappa shape index (κ1) is 16.9. The van der Waals surface area contributed by atoms with E-state index in [4.69, 9.17) is 23.2 Å². The summed E-state index contributed by atoms with van der Waals surface area (Å²) in [6.07, 6.45) is 1.35. The van der Waals surface area contributed by atoms with Crippen molar-refractivity contribution in [2.45, 2.75) is 13.5 Å². The highest BCUT2D eigenvalue weighted by Crippen LogP contribution is 2.24. The molecule has 0 bridgehead atoms. The van der Waals surface area contributed by atoms with Crippen molar-refractivity contribution in [2.75, 3.05) is 0 Å². The maximum Gasteiger partial charge on any atom is 0.390 e. The Morgan fingerprint density at radius 1 is 1.52 bits per heavy atom. The van der Waals surface area contributed by atoms with Crippen LogP contribution in [-0.2, 0) is 11.3 Å². The van der Waals surface area contributed by atoms with E-state index in [0.29, 0.717) is 21.3 Å². The van der Waals surface area contributed by atoms with Gasteiger partial charge in [0.25, 0.3) is 5.91 Å². The molecular weight excluding hydrogens is 345 g/mol. The van der Waals surface area contributed by atoms with E-state index in [0.717, 1.165) is 0 Å². The predicted octanol–water partition coefficient (Wildman–Crippen LogP) is 2.56. The Bertz CT molecular complexity index is 788. The Kier molecular flexibility index (Phi) is 5.30. The molecule has 1 amide bonds. The number of hydrogen-bond donors (Lipinski definition) is 1. The molecule has 0 aliphatic rings. The molecule has 1 aromatic heterocycles. The fourth-order valence-corrected chi connectivity index (χ4v) is 2.06. The van der Waals surface area contributed by atoms with Crippen LogP contribution in [0.15, 0.2) is 29.4 Å². The molecule has 23 heavy (non-hydrogen) atoms. The first-order chi connectivity index (χ1) is 10.9. The Balaban J connectivity index is 1.99. The molecule has 0 atom stereocenters. The van der Waals surface area contributed by atoms with Crippen molar-refractivity contribution < 1.29 is 9.72 Å². The molecule has 10 heteroatoms. The maximum absolute atomic E-state index is 11.8. The fraction of sp³-hybridized carbons (Fsp3) is 0.154. The molecule has 0 spiro atoms. The summed E-state index contributed by atoms with van der Waals surface area (Å²) in [5.74, 6) is -0.801. The highest BCUT2D eigenvalue weighted by atomic mass is 35.5. The average Bonchev–Trinajstić information content (AvgIpc) is 2.85. The molecule has 0 aliphatic heterocycles. The lowest BCUT2D eigenvalue weighted by molar-refractivity contribution is -0.389. The quantitative estimate of drug-likeness (QED) is 0.505. The Labute approximate surface area is 140 Å². The minimum atomic E-state index is -0.624. The van der Waals surface area contributed by atoms with E-state index in [9.17, 15) is 14.9 Å². The van der Waals surface area contributed by atoms with Gasteiger partial charge in [-0.2, -0.15) is 9.78 Å². The number of aromatic nitrogens is 2. The summed E-state index contributed by atoms with van der Waals surface area (Å²) in [5, 5.41) is 18.8. The molecule has 1 N–H and O–H groups in total. The van der Waals surface area contributed by atoms with Crippen LogP contribution in [0, 0.1) is 17.0 Å². The Hall–Kier alpha value is -2.45. The van der Waals surface area contributed by atoms with Gasteiger partial charge in [0.15, 0.2) is 0 Å². The average molecular weight is 356 g/mol. The zero-order valence-electron chi connectivity index (χ0n) is 11.9. The zero-order chi connectivity index (χ0) is 17.0. The summed E-state index contributed by atoms with van der Waals surface area (Å²) in [7, 11) is 0. The molecule has 0 radical (unpaired) electrons. The van der Waals surface area contributed by atoms with E-state index in [2.05, 4.69) is 15.6 Å². The number of amides is 1. The number of nitrogens with one attached hydrogen (secondary N) is 1. The second-order valence-corrected chi connectivity index (χ2v) is 5.28. The van der Waals surface area contributed by atoms with Gasteiger partial charge in [-0.05, 0) is 17.9 Å². The molecule has 2 aromatic rings. The molecular formula is C13H11Cl2N5O3. The van der Waals surface area contributed by atoms with Gasteiger partial charge in [0.2, 0.25) is 0 Å². The Morgan fingerprint density at radius 2 is 2.26 bits per heavy atom. The van der Waals surface area contributed by atoms with Crippen LogP contribution in [0.2, 0.25) is 10.0 Å². The lowest BCUT2D eigenvalue weighted by Crippen LogP contribution is -2.24. The summed E-state index contributed by atoms with van der Waals surface area (Å²) < 4.78 is 1.22. The highest BCUT2D eigenvalue weighted by Gasteiger charge is 2.17. The topological polar surface area (TPSA) is 102 Å². The third kappa shape index (κ3) is 4.27.